The second-order valence-electron chi connectivity index (χ2n) is 8.33. The molecule has 152 valence electrons. The number of nitrogens with zero attached hydrogens (tertiary/aromatic N) is 5. The maximum absolute atomic E-state index is 14.5. The molecule has 4 heterocycles. The SMILES string of the molecule is Cc1ccc(F)c(-n2ncc3nc(N4CCC5(CC4)CO[C@@H](C)C5)cnc32)c1Cl. The standard InChI is InChI=1S/C21H23ClFN5O/c1-13-3-4-15(23)19(18(13)22)28-20-16(10-25-28)26-17(11-24-20)27-7-5-21(6-8-27)9-14(2)29-12-21/h3-4,10-11,14H,5-9,12H2,1-2H3/t14-/m0/s1. The van der Waals surface area contributed by atoms with Crippen molar-refractivity contribution >= 4 is 28.6 Å². The third kappa shape index (κ3) is 3.16. The topological polar surface area (TPSA) is 56.1 Å². The average molecular weight is 416 g/mol. The zero-order chi connectivity index (χ0) is 20.2. The Morgan fingerprint density at radius 1 is 1.24 bits per heavy atom. The number of anilines is 1. The van der Waals surface area contributed by atoms with Crippen molar-refractivity contribution in [2.75, 3.05) is 24.6 Å². The molecular weight excluding hydrogens is 393 g/mol. The van der Waals surface area contributed by atoms with E-state index in [9.17, 15) is 4.39 Å². The summed E-state index contributed by atoms with van der Waals surface area (Å²) in [5.41, 5.74) is 2.42. The quantitative estimate of drug-likeness (QED) is 0.624. The smallest absolute Gasteiger partial charge is 0.181 e. The summed E-state index contributed by atoms with van der Waals surface area (Å²) in [5.74, 6) is 0.389. The molecule has 5 rings (SSSR count). The van der Waals surface area contributed by atoms with Crippen LogP contribution in [0.1, 0.15) is 31.7 Å². The predicted octanol–water partition coefficient (Wildman–Crippen LogP) is 4.31. The van der Waals surface area contributed by atoms with Gasteiger partial charge in [-0.1, -0.05) is 17.7 Å². The van der Waals surface area contributed by atoms with Crippen molar-refractivity contribution in [2.45, 2.75) is 39.2 Å². The monoisotopic (exact) mass is 415 g/mol. The Hall–Kier alpha value is -2.25. The van der Waals surface area contributed by atoms with Crippen LogP contribution < -0.4 is 4.90 Å². The van der Waals surface area contributed by atoms with E-state index >= 15 is 0 Å². The first-order chi connectivity index (χ1) is 14.0. The predicted molar refractivity (Wildman–Crippen MR) is 110 cm³/mol. The fourth-order valence-corrected chi connectivity index (χ4v) is 4.79. The number of hydrogen-bond donors (Lipinski definition) is 0. The largest absolute Gasteiger partial charge is 0.378 e. The van der Waals surface area contributed by atoms with Gasteiger partial charge in [-0.3, -0.25) is 0 Å². The van der Waals surface area contributed by atoms with Crippen LogP contribution in [0.4, 0.5) is 10.2 Å². The van der Waals surface area contributed by atoms with E-state index < -0.39 is 5.82 Å². The zero-order valence-electron chi connectivity index (χ0n) is 16.5. The number of hydrogen-bond acceptors (Lipinski definition) is 5. The van der Waals surface area contributed by atoms with Gasteiger partial charge in [-0.2, -0.15) is 5.10 Å². The maximum atomic E-state index is 14.5. The molecule has 0 bridgehead atoms. The molecule has 0 amide bonds. The summed E-state index contributed by atoms with van der Waals surface area (Å²) in [6.07, 6.45) is 7.05. The molecule has 2 saturated heterocycles. The van der Waals surface area contributed by atoms with Crippen molar-refractivity contribution < 1.29 is 9.13 Å². The van der Waals surface area contributed by atoms with E-state index in [0.717, 1.165) is 50.3 Å². The normalized spacial score (nSPS) is 21.4. The summed E-state index contributed by atoms with van der Waals surface area (Å²) in [6, 6.07) is 3.04. The van der Waals surface area contributed by atoms with Crippen molar-refractivity contribution in [3.63, 3.8) is 0 Å². The lowest BCUT2D eigenvalue weighted by Gasteiger charge is -2.38. The van der Waals surface area contributed by atoms with E-state index in [1.54, 1.807) is 18.5 Å². The van der Waals surface area contributed by atoms with E-state index in [1.807, 2.05) is 6.92 Å². The van der Waals surface area contributed by atoms with Gasteiger partial charge in [-0.15, -0.1) is 0 Å². The highest BCUT2D eigenvalue weighted by Gasteiger charge is 2.41. The fraction of sp³-hybridized carbons (Fsp3) is 0.476. The van der Waals surface area contributed by atoms with Crippen molar-refractivity contribution in [3.05, 3.63) is 40.9 Å². The van der Waals surface area contributed by atoms with Gasteiger partial charge in [0.1, 0.15) is 17.0 Å². The molecule has 1 aromatic carbocycles. The van der Waals surface area contributed by atoms with Gasteiger partial charge in [0.2, 0.25) is 0 Å². The van der Waals surface area contributed by atoms with Gasteiger partial charge < -0.3 is 9.64 Å². The molecule has 0 radical (unpaired) electrons. The van der Waals surface area contributed by atoms with E-state index in [-0.39, 0.29) is 5.69 Å². The van der Waals surface area contributed by atoms with Crippen molar-refractivity contribution in [1.82, 2.24) is 19.7 Å². The summed E-state index contributed by atoms with van der Waals surface area (Å²) in [4.78, 5) is 11.6. The summed E-state index contributed by atoms with van der Waals surface area (Å²) in [6.45, 7) is 6.72. The minimum atomic E-state index is -0.439. The second-order valence-corrected chi connectivity index (χ2v) is 8.71. The molecule has 2 aromatic heterocycles. The van der Waals surface area contributed by atoms with Crippen LogP contribution in [-0.2, 0) is 4.74 Å². The van der Waals surface area contributed by atoms with Gasteiger partial charge in [0.15, 0.2) is 11.5 Å². The summed E-state index contributed by atoms with van der Waals surface area (Å²) in [5, 5.41) is 4.64. The Balaban J connectivity index is 1.43. The lowest BCUT2D eigenvalue weighted by molar-refractivity contribution is 0.0976. The van der Waals surface area contributed by atoms with Crippen LogP contribution in [0.15, 0.2) is 24.5 Å². The van der Waals surface area contributed by atoms with E-state index in [4.69, 9.17) is 21.3 Å². The minimum Gasteiger partial charge on any atom is -0.378 e. The van der Waals surface area contributed by atoms with Gasteiger partial charge >= 0.3 is 0 Å². The number of aromatic nitrogens is 4. The Kier molecular flexibility index (Phi) is 4.47. The van der Waals surface area contributed by atoms with E-state index in [2.05, 4.69) is 21.9 Å². The minimum absolute atomic E-state index is 0.207. The van der Waals surface area contributed by atoms with Crippen LogP contribution in [0.3, 0.4) is 0 Å². The lowest BCUT2D eigenvalue weighted by atomic mass is 9.77. The third-order valence-electron chi connectivity index (χ3n) is 6.28. The van der Waals surface area contributed by atoms with E-state index in [1.165, 1.54) is 10.7 Å². The van der Waals surface area contributed by atoms with Gasteiger partial charge in [-0.05, 0) is 50.2 Å². The first-order valence-electron chi connectivity index (χ1n) is 9.98. The Labute approximate surface area is 173 Å². The van der Waals surface area contributed by atoms with Crippen LogP contribution >= 0.6 is 11.6 Å². The van der Waals surface area contributed by atoms with Gasteiger partial charge in [0.25, 0.3) is 0 Å². The molecular formula is C21H23ClFN5O. The van der Waals surface area contributed by atoms with Gasteiger partial charge in [-0.25, -0.2) is 19.0 Å². The molecule has 1 atom stereocenters. The van der Waals surface area contributed by atoms with Crippen LogP contribution in [0.5, 0.6) is 0 Å². The van der Waals surface area contributed by atoms with Gasteiger partial charge in [0, 0.05) is 13.1 Å². The van der Waals surface area contributed by atoms with E-state index in [0.29, 0.717) is 27.7 Å². The molecule has 0 saturated carbocycles. The molecule has 6 nitrogen and oxygen atoms in total. The molecule has 2 fully saturated rings. The fourth-order valence-electron chi connectivity index (χ4n) is 4.56. The first-order valence-corrected chi connectivity index (χ1v) is 10.4. The van der Waals surface area contributed by atoms with Crippen LogP contribution in [0, 0.1) is 18.2 Å². The molecule has 2 aliphatic heterocycles. The number of aryl methyl sites for hydroxylation is 1. The maximum Gasteiger partial charge on any atom is 0.181 e. The number of ether oxygens (including phenoxy) is 1. The second kappa shape index (κ2) is 6.92. The number of piperidine rings is 1. The number of benzene rings is 1. The summed E-state index contributed by atoms with van der Waals surface area (Å²) in [7, 11) is 0. The van der Waals surface area contributed by atoms with Crippen molar-refractivity contribution in [3.8, 4) is 5.69 Å². The van der Waals surface area contributed by atoms with Crippen LogP contribution in [0.25, 0.3) is 16.9 Å². The number of rotatable bonds is 2. The summed E-state index contributed by atoms with van der Waals surface area (Å²) >= 11 is 6.35. The van der Waals surface area contributed by atoms with Crippen LogP contribution in [-0.4, -0.2) is 45.5 Å². The molecule has 29 heavy (non-hydrogen) atoms. The van der Waals surface area contributed by atoms with Crippen molar-refractivity contribution in [2.24, 2.45) is 5.41 Å². The molecule has 0 aliphatic carbocycles. The highest BCUT2D eigenvalue weighted by atomic mass is 35.5. The zero-order valence-corrected chi connectivity index (χ0v) is 17.3. The Morgan fingerprint density at radius 3 is 2.76 bits per heavy atom. The number of fused-ring (bicyclic) bond motifs is 1. The highest BCUT2D eigenvalue weighted by molar-refractivity contribution is 6.33. The average Bonchev–Trinajstić information content (AvgIpc) is 3.29. The third-order valence-corrected chi connectivity index (χ3v) is 6.75. The lowest BCUT2D eigenvalue weighted by Crippen LogP contribution is -2.41. The number of halogens is 2. The molecule has 3 aromatic rings. The first kappa shape index (κ1) is 18.8. The Morgan fingerprint density at radius 2 is 2.03 bits per heavy atom. The van der Waals surface area contributed by atoms with Crippen LogP contribution in [0.2, 0.25) is 5.02 Å². The molecule has 0 N–H and O–H groups in total. The highest BCUT2D eigenvalue weighted by Crippen LogP contribution is 2.42. The molecule has 2 aliphatic rings. The molecule has 0 unspecified atom stereocenters. The molecule has 8 heteroatoms. The van der Waals surface area contributed by atoms with Gasteiger partial charge in [0.05, 0.1) is 30.1 Å². The summed E-state index contributed by atoms with van der Waals surface area (Å²) < 4.78 is 21.7. The molecule has 1 spiro atoms. The Bertz CT molecular complexity index is 1080. The van der Waals surface area contributed by atoms with Crippen molar-refractivity contribution in [1.29, 1.82) is 0 Å².